The maximum Gasteiger partial charge on any atom is 0.187 e. The number of hydrogen-bond acceptors (Lipinski definition) is 3. The summed E-state index contributed by atoms with van der Waals surface area (Å²) >= 11 is 3.32. The summed E-state index contributed by atoms with van der Waals surface area (Å²) in [6.45, 7) is 1.83. The van der Waals surface area contributed by atoms with Crippen LogP contribution in [0.2, 0.25) is 0 Å². The molecule has 1 saturated heterocycles. The molecule has 0 bridgehead atoms. The van der Waals surface area contributed by atoms with Crippen molar-refractivity contribution < 1.29 is 14.2 Å². The fraction of sp³-hybridized carbons (Fsp3) is 0.385. The van der Waals surface area contributed by atoms with E-state index in [2.05, 4.69) is 15.9 Å². The van der Waals surface area contributed by atoms with Gasteiger partial charge in [-0.05, 0) is 6.07 Å². The number of allylic oxidation sites excluding steroid dienone is 1. The first-order chi connectivity index (χ1) is 8.42. The summed E-state index contributed by atoms with van der Waals surface area (Å²) in [6.07, 6.45) is 3.69. The van der Waals surface area contributed by atoms with E-state index in [0.29, 0.717) is 19.8 Å². The number of ether oxygens (including phenoxy) is 3. The molecule has 17 heavy (non-hydrogen) atoms. The SMILES string of the molecule is BrCC=CCOc1ccccc1C1OCCO1. The van der Waals surface area contributed by atoms with E-state index in [9.17, 15) is 0 Å². The molecule has 0 aromatic heterocycles. The van der Waals surface area contributed by atoms with E-state index in [1.165, 1.54) is 0 Å². The van der Waals surface area contributed by atoms with E-state index in [1.54, 1.807) is 0 Å². The number of halogens is 1. The molecule has 0 saturated carbocycles. The number of alkyl halides is 1. The van der Waals surface area contributed by atoms with Gasteiger partial charge in [-0.25, -0.2) is 0 Å². The third kappa shape index (κ3) is 3.56. The molecule has 2 rings (SSSR count). The van der Waals surface area contributed by atoms with Gasteiger partial charge in [-0.3, -0.25) is 0 Å². The van der Waals surface area contributed by atoms with Gasteiger partial charge in [0.05, 0.1) is 13.2 Å². The van der Waals surface area contributed by atoms with E-state index >= 15 is 0 Å². The molecule has 1 heterocycles. The second-order valence-electron chi connectivity index (χ2n) is 3.55. The van der Waals surface area contributed by atoms with Gasteiger partial charge in [0.25, 0.3) is 0 Å². The molecular formula is C13H15BrO3. The average molecular weight is 299 g/mol. The van der Waals surface area contributed by atoms with Crippen molar-refractivity contribution in [3.63, 3.8) is 0 Å². The average Bonchev–Trinajstić information content (AvgIpc) is 2.89. The van der Waals surface area contributed by atoms with E-state index in [-0.39, 0.29) is 6.29 Å². The number of para-hydroxylation sites is 1. The summed E-state index contributed by atoms with van der Waals surface area (Å²) in [6, 6.07) is 7.81. The monoisotopic (exact) mass is 298 g/mol. The Morgan fingerprint density at radius 1 is 1.24 bits per heavy atom. The Labute approximate surface area is 109 Å². The van der Waals surface area contributed by atoms with Crippen LogP contribution in [0.1, 0.15) is 11.9 Å². The summed E-state index contributed by atoms with van der Waals surface area (Å²) in [4.78, 5) is 0. The number of hydrogen-bond donors (Lipinski definition) is 0. The second-order valence-corrected chi connectivity index (χ2v) is 4.20. The highest BCUT2D eigenvalue weighted by Gasteiger charge is 2.21. The highest BCUT2D eigenvalue weighted by molar-refractivity contribution is 9.09. The van der Waals surface area contributed by atoms with Crippen LogP contribution < -0.4 is 4.74 Å². The van der Waals surface area contributed by atoms with Crippen molar-refractivity contribution in [2.75, 3.05) is 25.2 Å². The number of benzene rings is 1. The maximum atomic E-state index is 5.68. The second kappa shape index (κ2) is 6.79. The van der Waals surface area contributed by atoms with Crippen molar-refractivity contribution in [1.29, 1.82) is 0 Å². The summed E-state index contributed by atoms with van der Waals surface area (Å²) in [5.41, 5.74) is 0.956. The minimum atomic E-state index is -0.286. The van der Waals surface area contributed by atoms with Gasteiger partial charge in [-0.1, -0.05) is 46.3 Å². The standard InChI is InChI=1S/C13H15BrO3/c14-7-3-4-8-15-12-6-2-1-5-11(12)13-16-9-10-17-13/h1-6,13H,7-10H2. The lowest BCUT2D eigenvalue weighted by Gasteiger charge is -2.14. The van der Waals surface area contributed by atoms with Gasteiger partial charge in [-0.2, -0.15) is 0 Å². The van der Waals surface area contributed by atoms with Crippen LogP contribution in [0.25, 0.3) is 0 Å². The van der Waals surface area contributed by atoms with Gasteiger partial charge in [0.1, 0.15) is 12.4 Å². The van der Waals surface area contributed by atoms with Crippen molar-refractivity contribution in [2.24, 2.45) is 0 Å². The molecule has 3 nitrogen and oxygen atoms in total. The predicted molar refractivity (Wildman–Crippen MR) is 69.5 cm³/mol. The highest BCUT2D eigenvalue weighted by Crippen LogP contribution is 2.30. The first-order valence-corrected chi connectivity index (χ1v) is 6.70. The molecule has 1 aliphatic rings. The first-order valence-electron chi connectivity index (χ1n) is 5.57. The minimum absolute atomic E-state index is 0.286. The summed E-state index contributed by atoms with van der Waals surface area (Å²) in [5.74, 6) is 0.818. The number of rotatable bonds is 5. The van der Waals surface area contributed by atoms with Crippen LogP contribution >= 0.6 is 15.9 Å². The van der Waals surface area contributed by atoms with Crippen molar-refractivity contribution in [1.82, 2.24) is 0 Å². The first kappa shape index (κ1) is 12.6. The third-order valence-electron chi connectivity index (χ3n) is 2.39. The van der Waals surface area contributed by atoms with Gasteiger partial charge < -0.3 is 14.2 Å². The zero-order valence-electron chi connectivity index (χ0n) is 9.47. The van der Waals surface area contributed by atoms with Crippen LogP contribution in [-0.4, -0.2) is 25.2 Å². The highest BCUT2D eigenvalue weighted by atomic mass is 79.9. The predicted octanol–water partition coefficient (Wildman–Crippen LogP) is 3.06. The Morgan fingerprint density at radius 2 is 2.00 bits per heavy atom. The molecule has 1 aromatic rings. The summed E-state index contributed by atoms with van der Waals surface area (Å²) in [7, 11) is 0. The largest absolute Gasteiger partial charge is 0.489 e. The molecule has 0 radical (unpaired) electrons. The van der Waals surface area contributed by atoms with Crippen molar-refractivity contribution >= 4 is 15.9 Å². The molecule has 0 N–H and O–H groups in total. The van der Waals surface area contributed by atoms with Crippen LogP contribution in [-0.2, 0) is 9.47 Å². The Morgan fingerprint density at radius 3 is 2.76 bits per heavy atom. The smallest absolute Gasteiger partial charge is 0.187 e. The lowest BCUT2D eigenvalue weighted by atomic mass is 10.2. The van der Waals surface area contributed by atoms with Crippen LogP contribution in [0.5, 0.6) is 5.75 Å². The molecular weight excluding hydrogens is 284 g/mol. The van der Waals surface area contributed by atoms with E-state index in [1.807, 2.05) is 36.4 Å². The Balaban J connectivity index is 2.02. The Bertz CT molecular complexity index is 373. The van der Waals surface area contributed by atoms with Crippen molar-refractivity contribution in [3.8, 4) is 5.75 Å². The molecule has 1 aliphatic heterocycles. The lowest BCUT2D eigenvalue weighted by Crippen LogP contribution is -2.03. The van der Waals surface area contributed by atoms with E-state index in [4.69, 9.17) is 14.2 Å². The van der Waals surface area contributed by atoms with Crippen LogP contribution in [0.15, 0.2) is 36.4 Å². The lowest BCUT2D eigenvalue weighted by molar-refractivity contribution is -0.0456. The zero-order chi connectivity index (χ0) is 11.9. The minimum Gasteiger partial charge on any atom is -0.489 e. The van der Waals surface area contributed by atoms with Gasteiger partial charge in [0.15, 0.2) is 6.29 Å². The van der Waals surface area contributed by atoms with Crippen LogP contribution in [0.4, 0.5) is 0 Å². The van der Waals surface area contributed by atoms with Gasteiger partial charge in [0.2, 0.25) is 0 Å². The maximum absolute atomic E-state index is 5.68. The van der Waals surface area contributed by atoms with Crippen LogP contribution in [0, 0.1) is 0 Å². The van der Waals surface area contributed by atoms with Crippen molar-refractivity contribution in [3.05, 3.63) is 42.0 Å². The Kier molecular flexibility index (Phi) is 5.04. The topological polar surface area (TPSA) is 27.7 Å². The van der Waals surface area contributed by atoms with E-state index in [0.717, 1.165) is 16.6 Å². The summed E-state index contributed by atoms with van der Waals surface area (Å²) < 4.78 is 16.6. The van der Waals surface area contributed by atoms with Crippen molar-refractivity contribution in [2.45, 2.75) is 6.29 Å². The van der Waals surface area contributed by atoms with E-state index < -0.39 is 0 Å². The zero-order valence-corrected chi connectivity index (χ0v) is 11.1. The van der Waals surface area contributed by atoms with Gasteiger partial charge in [0, 0.05) is 10.9 Å². The third-order valence-corrected chi connectivity index (χ3v) is 2.76. The fourth-order valence-corrected chi connectivity index (χ4v) is 1.88. The molecule has 0 atom stereocenters. The molecule has 92 valence electrons. The molecule has 0 amide bonds. The molecule has 0 aliphatic carbocycles. The molecule has 0 unspecified atom stereocenters. The molecule has 1 fully saturated rings. The normalized spacial score (nSPS) is 16.8. The van der Waals surface area contributed by atoms with Gasteiger partial charge >= 0.3 is 0 Å². The molecule has 4 heteroatoms. The molecule has 0 spiro atoms. The van der Waals surface area contributed by atoms with Crippen LogP contribution in [0.3, 0.4) is 0 Å². The fourth-order valence-electron chi connectivity index (χ4n) is 1.61. The Hall–Kier alpha value is -0.840. The quantitative estimate of drug-likeness (QED) is 0.618. The summed E-state index contributed by atoms with van der Waals surface area (Å²) in [5, 5.41) is 0.840. The van der Waals surface area contributed by atoms with Gasteiger partial charge in [-0.15, -0.1) is 0 Å². The molecule has 1 aromatic carbocycles.